The maximum absolute atomic E-state index is 11.1. The fraction of sp³-hybridized carbons (Fsp3) is 0.417. The maximum Gasteiger partial charge on any atom is 0.245 e. The normalized spacial score (nSPS) is 10.9. The van der Waals surface area contributed by atoms with Crippen LogP contribution in [0.3, 0.4) is 0 Å². The molecular weight excluding hydrogens is 394 g/mol. The van der Waals surface area contributed by atoms with Gasteiger partial charge in [0.25, 0.3) is 0 Å². The quantitative estimate of drug-likeness (QED) is 0.436. The topological polar surface area (TPSA) is 85.6 Å². The van der Waals surface area contributed by atoms with Gasteiger partial charge in [-0.25, -0.2) is 4.98 Å². The van der Waals surface area contributed by atoms with Gasteiger partial charge in [0, 0.05) is 19.5 Å². The zero-order chi connectivity index (χ0) is 22.1. The fourth-order valence-electron chi connectivity index (χ4n) is 3.71. The lowest BCUT2D eigenvalue weighted by atomic mass is 10.1. The van der Waals surface area contributed by atoms with Gasteiger partial charge in [0.1, 0.15) is 12.4 Å². The van der Waals surface area contributed by atoms with Gasteiger partial charge in [-0.3, -0.25) is 4.79 Å². The third-order valence-electron chi connectivity index (χ3n) is 5.35. The summed E-state index contributed by atoms with van der Waals surface area (Å²) in [5.74, 6) is 2.23. The molecule has 0 bridgehead atoms. The van der Waals surface area contributed by atoms with E-state index in [1.54, 1.807) is 14.2 Å². The number of hydrogen-bond donors (Lipinski definition) is 2. The average Bonchev–Trinajstić information content (AvgIpc) is 3.16. The molecule has 0 fully saturated rings. The minimum Gasteiger partial charge on any atom is -0.493 e. The largest absolute Gasteiger partial charge is 0.493 e. The Morgan fingerprint density at radius 2 is 1.84 bits per heavy atom. The number of aromatic nitrogens is 2. The number of carbonyl (C=O) groups excluding carboxylic acids is 1. The predicted molar refractivity (Wildman–Crippen MR) is 121 cm³/mol. The molecule has 0 radical (unpaired) electrons. The molecule has 1 heterocycles. The van der Waals surface area contributed by atoms with E-state index >= 15 is 0 Å². The summed E-state index contributed by atoms with van der Waals surface area (Å²) in [6, 6.07) is 14.3. The van der Waals surface area contributed by atoms with Crippen LogP contribution in [-0.2, 0) is 24.2 Å². The van der Waals surface area contributed by atoms with Gasteiger partial charge in [-0.2, -0.15) is 0 Å². The van der Waals surface area contributed by atoms with Crippen molar-refractivity contribution in [3.63, 3.8) is 0 Å². The number of fused-ring (bicyclic) bond motifs is 1. The summed E-state index contributed by atoms with van der Waals surface area (Å²) in [5.41, 5.74) is 3.34. The molecule has 3 aromatic rings. The lowest BCUT2D eigenvalue weighted by molar-refractivity contribution is -0.123. The van der Waals surface area contributed by atoms with E-state index < -0.39 is 6.61 Å². The second kappa shape index (κ2) is 11.4. The Kier molecular flexibility index (Phi) is 8.29. The Labute approximate surface area is 183 Å². The molecule has 0 atom stereocenters. The maximum atomic E-state index is 11.1. The highest BCUT2D eigenvalue weighted by atomic mass is 16.5. The molecule has 0 aliphatic carbocycles. The van der Waals surface area contributed by atoms with Crippen LogP contribution >= 0.6 is 0 Å². The second-order valence-corrected chi connectivity index (χ2v) is 7.43. The van der Waals surface area contributed by atoms with Crippen molar-refractivity contribution in [3.8, 4) is 11.5 Å². The number of amides is 1. The minimum atomic E-state index is -0.454. The van der Waals surface area contributed by atoms with Crippen molar-refractivity contribution in [1.29, 1.82) is 0 Å². The molecule has 0 spiro atoms. The highest BCUT2D eigenvalue weighted by Crippen LogP contribution is 2.28. The Morgan fingerprint density at radius 1 is 1.03 bits per heavy atom. The van der Waals surface area contributed by atoms with E-state index in [9.17, 15) is 4.79 Å². The minimum absolute atomic E-state index is 0.322. The second-order valence-electron chi connectivity index (χ2n) is 7.43. The van der Waals surface area contributed by atoms with Gasteiger partial charge >= 0.3 is 0 Å². The van der Waals surface area contributed by atoms with E-state index in [1.165, 1.54) is 5.56 Å². The number of aliphatic hydroxyl groups is 1. The molecule has 0 saturated heterocycles. The van der Waals surface area contributed by atoms with E-state index in [0.29, 0.717) is 6.54 Å². The van der Waals surface area contributed by atoms with Crippen LogP contribution in [0, 0.1) is 0 Å². The summed E-state index contributed by atoms with van der Waals surface area (Å²) in [4.78, 5) is 15.9. The summed E-state index contributed by atoms with van der Waals surface area (Å²) in [5, 5.41) is 11.4. The van der Waals surface area contributed by atoms with Gasteiger partial charge in [-0.05, 0) is 49.1 Å². The van der Waals surface area contributed by atoms with Crippen LogP contribution in [0.2, 0.25) is 0 Å². The molecule has 166 valence electrons. The molecule has 0 aliphatic rings. The van der Waals surface area contributed by atoms with Crippen LogP contribution in [0.5, 0.6) is 11.5 Å². The van der Waals surface area contributed by atoms with Crippen LogP contribution in [0.1, 0.15) is 30.7 Å². The van der Waals surface area contributed by atoms with Crippen molar-refractivity contribution in [2.24, 2.45) is 0 Å². The van der Waals surface area contributed by atoms with Crippen molar-refractivity contribution < 1.29 is 19.4 Å². The number of rotatable bonds is 12. The van der Waals surface area contributed by atoms with Gasteiger partial charge in [-0.1, -0.05) is 24.6 Å². The van der Waals surface area contributed by atoms with Crippen molar-refractivity contribution in [3.05, 3.63) is 53.9 Å². The number of methoxy groups -OCH3 is 2. The molecule has 31 heavy (non-hydrogen) atoms. The molecule has 0 unspecified atom stereocenters. The van der Waals surface area contributed by atoms with Gasteiger partial charge in [0.2, 0.25) is 5.91 Å². The van der Waals surface area contributed by atoms with Crippen LogP contribution in [-0.4, -0.2) is 47.9 Å². The van der Waals surface area contributed by atoms with E-state index in [-0.39, 0.29) is 5.91 Å². The average molecular weight is 426 g/mol. The number of benzene rings is 2. The molecule has 1 amide bonds. The number of aliphatic hydroxyl groups excluding tert-OH is 1. The molecule has 2 aromatic carbocycles. The number of imidazole rings is 1. The molecule has 0 saturated carbocycles. The lowest BCUT2D eigenvalue weighted by Crippen LogP contribution is -2.27. The van der Waals surface area contributed by atoms with Crippen LogP contribution < -0.4 is 14.8 Å². The first kappa shape index (κ1) is 22.6. The first-order valence-corrected chi connectivity index (χ1v) is 10.7. The summed E-state index contributed by atoms with van der Waals surface area (Å²) >= 11 is 0. The predicted octanol–water partition coefficient (Wildman–Crippen LogP) is 3.12. The smallest absolute Gasteiger partial charge is 0.245 e. The van der Waals surface area contributed by atoms with E-state index in [1.807, 2.05) is 24.3 Å². The van der Waals surface area contributed by atoms with Crippen molar-refractivity contribution in [2.75, 3.05) is 27.4 Å². The number of carbonyl (C=O) groups is 1. The summed E-state index contributed by atoms with van der Waals surface area (Å²) in [6.45, 7) is 0.969. The SMILES string of the molecule is COc1ccc(CCn2c(CCCCCNC(=O)CO)nc3ccccc32)cc1OC. The number of nitrogens with zero attached hydrogens (tertiary/aromatic N) is 2. The zero-order valence-corrected chi connectivity index (χ0v) is 18.3. The third kappa shape index (κ3) is 5.98. The molecule has 2 N–H and O–H groups in total. The monoisotopic (exact) mass is 425 g/mol. The number of aryl methyl sites for hydroxylation is 3. The zero-order valence-electron chi connectivity index (χ0n) is 18.3. The van der Waals surface area contributed by atoms with Gasteiger partial charge in [0.15, 0.2) is 11.5 Å². The van der Waals surface area contributed by atoms with Crippen LogP contribution in [0.15, 0.2) is 42.5 Å². The summed E-state index contributed by atoms with van der Waals surface area (Å²) in [7, 11) is 3.29. The number of ether oxygens (including phenoxy) is 2. The van der Waals surface area contributed by atoms with Gasteiger partial charge in [0.05, 0.1) is 25.3 Å². The molecule has 0 aliphatic heterocycles. The number of para-hydroxylation sites is 2. The lowest BCUT2D eigenvalue weighted by Gasteiger charge is -2.12. The Hall–Kier alpha value is -3.06. The molecule has 1 aromatic heterocycles. The summed E-state index contributed by atoms with van der Waals surface area (Å²) in [6.07, 6.45) is 4.62. The van der Waals surface area contributed by atoms with Crippen molar-refractivity contribution in [1.82, 2.24) is 14.9 Å². The number of nitrogens with one attached hydrogen (secondary N) is 1. The molecular formula is C24H31N3O4. The first-order valence-electron chi connectivity index (χ1n) is 10.7. The van der Waals surface area contributed by atoms with E-state index in [4.69, 9.17) is 19.6 Å². The molecule has 7 heteroatoms. The van der Waals surface area contributed by atoms with Gasteiger partial charge in [-0.15, -0.1) is 0 Å². The van der Waals surface area contributed by atoms with Crippen molar-refractivity contribution >= 4 is 16.9 Å². The third-order valence-corrected chi connectivity index (χ3v) is 5.35. The molecule has 3 rings (SSSR count). The fourth-order valence-corrected chi connectivity index (χ4v) is 3.71. The van der Waals surface area contributed by atoms with Crippen LogP contribution in [0.25, 0.3) is 11.0 Å². The Bertz CT molecular complexity index is 1000. The number of unbranched alkanes of at least 4 members (excludes halogenated alkanes) is 2. The van der Waals surface area contributed by atoms with Crippen molar-refractivity contribution in [2.45, 2.75) is 38.6 Å². The Morgan fingerprint density at radius 3 is 2.61 bits per heavy atom. The Balaban J connectivity index is 1.65. The van der Waals surface area contributed by atoms with E-state index in [2.05, 4.69) is 28.1 Å². The molecule has 7 nitrogen and oxygen atoms in total. The standard InChI is InChI=1S/C24H31N3O4/c1-30-21-12-11-18(16-22(21)31-2)13-15-27-20-9-6-5-8-19(20)26-23(27)10-4-3-7-14-25-24(29)17-28/h5-6,8-9,11-12,16,28H,3-4,7,10,13-15,17H2,1-2H3,(H,25,29). The van der Waals surface area contributed by atoms with E-state index in [0.717, 1.165) is 67.0 Å². The first-order chi connectivity index (χ1) is 15.2. The highest BCUT2D eigenvalue weighted by Gasteiger charge is 2.11. The highest BCUT2D eigenvalue weighted by molar-refractivity contribution is 5.77. The van der Waals surface area contributed by atoms with Gasteiger partial charge < -0.3 is 24.5 Å². The van der Waals surface area contributed by atoms with Crippen LogP contribution in [0.4, 0.5) is 0 Å². The summed E-state index contributed by atoms with van der Waals surface area (Å²) < 4.78 is 13.1. The number of hydrogen-bond acceptors (Lipinski definition) is 5.